The molecule has 0 aliphatic rings. The number of aliphatic hydroxyl groups is 1. The van der Waals surface area contributed by atoms with E-state index in [1.807, 2.05) is 31.2 Å². The van der Waals surface area contributed by atoms with Crippen LogP contribution in [0.4, 0.5) is 0 Å². The molecule has 0 spiro atoms. The first-order valence-corrected chi connectivity index (χ1v) is 3.57. The summed E-state index contributed by atoms with van der Waals surface area (Å²) in [5.41, 5.74) is 6.68. The molecule has 0 atom stereocenters. The van der Waals surface area contributed by atoms with Gasteiger partial charge in [-0.25, -0.2) is 0 Å². The third-order valence-corrected chi connectivity index (χ3v) is 1.27. The average molecular weight is 153 g/mol. The second-order valence-corrected chi connectivity index (χ2v) is 2.15. The van der Waals surface area contributed by atoms with Crippen LogP contribution >= 0.6 is 0 Å². The molecule has 62 valence electrons. The Morgan fingerprint density at radius 2 is 2.00 bits per heavy atom. The van der Waals surface area contributed by atoms with Gasteiger partial charge in [-0.1, -0.05) is 29.8 Å². The molecule has 0 bridgehead atoms. The van der Waals surface area contributed by atoms with E-state index in [0.29, 0.717) is 0 Å². The van der Waals surface area contributed by atoms with E-state index in [4.69, 9.17) is 5.11 Å². The fourth-order valence-corrected chi connectivity index (χ4v) is 0.810. The van der Waals surface area contributed by atoms with Gasteiger partial charge in [0, 0.05) is 0 Å². The van der Waals surface area contributed by atoms with Crippen LogP contribution in [0.1, 0.15) is 11.1 Å². The highest BCUT2D eigenvalue weighted by Crippen LogP contribution is 2.02. The number of rotatable bonds is 1. The molecule has 1 rings (SSSR count). The number of hydrogen-bond donors (Lipinski definition) is 2. The summed E-state index contributed by atoms with van der Waals surface area (Å²) in [7, 11) is 1.50. The lowest BCUT2D eigenvalue weighted by Crippen LogP contribution is -1.81. The largest absolute Gasteiger partial charge is 0.392 e. The maximum atomic E-state index is 8.66. The van der Waals surface area contributed by atoms with Crippen LogP contribution < -0.4 is 5.73 Å². The zero-order valence-corrected chi connectivity index (χ0v) is 7.04. The first kappa shape index (κ1) is 10.1. The van der Waals surface area contributed by atoms with Gasteiger partial charge in [0.25, 0.3) is 0 Å². The summed E-state index contributed by atoms with van der Waals surface area (Å²) in [4.78, 5) is 0. The fourth-order valence-electron chi connectivity index (χ4n) is 0.810. The van der Waals surface area contributed by atoms with Gasteiger partial charge in [0.1, 0.15) is 0 Å². The van der Waals surface area contributed by atoms with Crippen LogP contribution in [0.15, 0.2) is 24.3 Å². The maximum absolute atomic E-state index is 8.66. The van der Waals surface area contributed by atoms with Gasteiger partial charge in [-0.2, -0.15) is 0 Å². The first-order valence-electron chi connectivity index (χ1n) is 3.57. The minimum atomic E-state index is 0.141. The van der Waals surface area contributed by atoms with Gasteiger partial charge in [0.2, 0.25) is 0 Å². The van der Waals surface area contributed by atoms with Crippen molar-refractivity contribution in [3.63, 3.8) is 0 Å². The molecule has 0 fully saturated rings. The SMILES string of the molecule is CN.Cc1cccc(CO)c1. The van der Waals surface area contributed by atoms with Crippen molar-refractivity contribution >= 4 is 0 Å². The zero-order chi connectivity index (χ0) is 8.69. The number of aliphatic hydroxyl groups excluding tert-OH is 1. The van der Waals surface area contributed by atoms with Crippen molar-refractivity contribution in [1.29, 1.82) is 0 Å². The molecular weight excluding hydrogens is 138 g/mol. The van der Waals surface area contributed by atoms with E-state index in [-0.39, 0.29) is 6.61 Å². The molecule has 2 heteroatoms. The van der Waals surface area contributed by atoms with Gasteiger partial charge >= 0.3 is 0 Å². The predicted molar refractivity (Wildman–Crippen MR) is 47.2 cm³/mol. The molecule has 0 saturated carbocycles. The Balaban J connectivity index is 0.000000461. The Bertz CT molecular complexity index is 199. The van der Waals surface area contributed by atoms with Crippen LogP contribution in [0.3, 0.4) is 0 Å². The highest BCUT2D eigenvalue weighted by Gasteiger charge is 1.86. The molecule has 0 aliphatic carbocycles. The van der Waals surface area contributed by atoms with Gasteiger partial charge in [-0.3, -0.25) is 0 Å². The van der Waals surface area contributed by atoms with Crippen molar-refractivity contribution in [3.8, 4) is 0 Å². The quantitative estimate of drug-likeness (QED) is 0.633. The van der Waals surface area contributed by atoms with Crippen molar-refractivity contribution in [2.75, 3.05) is 7.05 Å². The minimum Gasteiger partial charge on any atom is -0.392 e. The summed E-state index contributed by atoms with van der Waals surface area (Å²) in [5, 5.41) is 8.66. The number of hydrogen-bond acceptors (Lipinski definition) is 2. The molecule has 0 radical (unpaired) electrons. The highest BCUT2D eigenvalue weighted by atomic mass is 16.3. The monoisotopic (exact) mass is 153 g/mol. The van der Waals surface area contributed by atoms with Gasteiger partial charge in [0.15, 0.2) is 0 Å². The minimum absolute atomic E-state index is 0.141. The molecule has 0 saturated heterocycles. The summed E-state index contributed by atoms with van der Waals surface area (Å²) in [5.74, 6) is 0. The lowest BCUT2D eigenvalue weighted by atomic mass is 10.1. The molecule has 0 heterocycles. The van der Waals surface area contributed by atoms with Crippen molar-refractivity contribution in [3.05, 3.63) is 35.4 Å². The Hall–Kier alpha value is -0.860. The average Bonchev–Trinajstić information content (AvgIpc) is 2.08. The van der Waals surface area contributed by atoms with E-state index in [0.717, 1.165) is 5.56 Å². The van der Waals surface area contributed by atoms with E-state index >= 15 is 0 Å². The summed E-state index contributed by atoms with van der Waals surface area (Å²) in [6, 6.07) is 7.84. The lowest BCUT2D eigenvalue weighted by molar-refractivity contribution is 0.282. The lowest BCUT2D eigenvalue weighted by Gasteiger charge is -1.94. The predicted octanol–water partition coefficient (Wildman–Crippen LogP) is 1.06. The Kier molecular flexibility index (Phi) is 5.43. The molecule has 0 aliphatic heterocycles. The van der Waals surface area contributed by atoms with Crippen LogP contribution in [0.2, 0.25) is 0 Å². The third-order valence-electron chi connectivity index (χ3n) is 1.27. The van der Waals surface area contributed by atoms with Crippen LogP contribution in [-0.4, -0.2) is 12.2 Å². The van der Waals surface area contributed by atoms with Crippen molar-refractivity contribution < 1.29 is 5.11 Å². The van der Waals surface area contributed by atoms with E-state index in [1.54, 1.807) is 0 Å². The zero-order valence-electron chi connectivity index (χ0n) is 7.04. The normalized spacial score (nSPS) is 8.36. The molecule has 0 aromatic heterocycles. The van der Waals surface area contributed by atoms with Crippen LogP contribution in [0.25, 0.3) is 0 Å². The van der Waals surface area contributed by atoms with Crippen molar-refractivity contribution in [2.24, 2.45) is 5.73 Å². The van der Waals surface area contributed by atoms with E-state index in [9.17, 15) is 0 Å². The number of benzene rings is 1. The van der Waals surface area contributed by atoms with E-state index < -0.39 is 0 Å². The van der Waals surface area contributed by atoms with Crippen LogP contribution in [-0.2, 0) is 6.61 Å². The van der Waals surface area contributed by atoms with Gasteiger partial charge in [0.05, 0.1) is 6.61 Å². The topological polar surface area (TPSA) is 46.2 Å². The summed E-state index contributed by atoms with van der Waals surface area (Å²) in [6.07, 6.45) is 0. The van der Waals surface area contributed by atoms with E-state index in [2.05, 4.69) is 5.73 Å². The number of aryl methyl sites for hydroxylation is 1. The van der Waals surface area contributed by atoms with Gasteiger partial charge in [-0.05, 0) is 19.5 Å². The molecule has 1 aromatic rings. The Labute approximate surface area is 67.7 Å². The second kappa shape index (κ2) is 5.89. The van der Waals surface area contributed by atoms with Gasteiger partial charge < -0.3 is 10.8 Å². The third kappa shape index (κ3) is 3.75. The Morgan fingerprint density at radius 1 is 1.36 bits per heavy atom. The summed E-state index contributed by atoms with van der Waals surface area (Å²) >= 11 is 0. The van der Waals surface area contributed by atoms with E-state index in [1.165, 1.54) is 12.6 Å². The fraction of sp³-hybridized carbons (Fsp3) is 0.333. The Morgan fingerprint density at radius 3 is 2.36 bits per heavy atom. The first-order chi connectivity index (χ1) is 5.33. The molecule has 0 amide bonds. The van der Waals surface area contributed by atoms with Crippen molar-refractivity contribution in [1.82, 2.24) is 0 Å². The smallest absolute Gasteiger partial charge is 0.0681 e. The molecule has 2 nitrogen and oxygen atoms in total. The summed E-state index contributed by atoms with van der Waals surface area (Å²) < 4.78 is 0. The highest BCUT2D eigenvalue weighted by molar-refractivity contribution is 5.21. The molecule has 11 heavy (non-hydrogen) atoms. The number of nitrogens with two attached hydrogens (primary N) is 1. The second-order valence-electron chi connectivity index (χ2n) is 2.15. The van der Waals surface area contributed by atoms with Crippen LogP contribution in [0.5, 0.6) is 0 Å². The summed E-state index contributed by atoms with van der Waals surface area (Å²) in [6.45, 7) is 2.15. The molecule has 0 unspecified atom stereocenters. The van der Waals surface area contributed by atoms with Gasteiger partial charge in [-0.15, -0.1) is 0 Å². The maximum Gasteiger partial charge on any atom is 0.0681 e. The molecular formula is C9H15NO. The standard InChI is InChI=1S/C8H10O.CH5N/c1-7-3-2-4-8(5-7)6-9;1-2/h2-5,9H,6H2,1H3;2H2,1H3. The van der Waals surface area contributed by atoms with Crippen molar-refractivity contribution in [2.45, 2.75) is 13.5 Å². The van der Waals surface area contributed by atoms with Crippen LogP contribution in [0, 0.1) is 6.92 Å². The molecule has 3 N–H and O–H groups in total. The molecule has 1 aromatic carbocycles.